The van der Waals surface area contributed by atoms with E-state index in [2.05, 4.69) is 10.4 Å². The predicted molar refractivity (Wildman–Crippen MR) is 89.2 cm³/mol. The van der Waals surface area contributed by atoms with Gasteiger partial charge in [0, 0.05) is 24.5 Å². The van der Waals surface area contributed by atoms with E-state index >= 15 is 0 Å². The molecule has 2 heterocycles. The van der Waals surface area contributed by atoms with Crippen LogP contribution in [0.4, 0.5) is 0 Å². The average molecular weight is 323 g/mol. The number of hydrogen-bond acceptors (Lipinski definition) is 4. The first-order valence-corrected chi connectivity index (χ1v) is 7.56. The molecule has 0 aliphatic heterocycles. The zero-order chi connectivity index (χ0) is 17.1. The Kier molecular flexibility index (Phi) is 4.29. The van der Waals surface area contributed by atoms with Gasteiger partial charge in [-0.3, -0.25) is 9.59 Å². The van der Waals surface area contributed by atoms with Gasteiger partial charge in [-0.1, -0.05) is 18.2 Å². The molecule has 0 fully saturated rings. The van der Waals surface area contributed by atoms with Gasteiger partial charge in [0.1, 0.15) is 5.76 Å². The normalized spacial score (nSPS) is 11.9. The van der Waals surface area contributed by atoms with E-state index in [9.17, 15) is 9.59 Å². The number of rotatable bonds is 4. The van der Waals surface area contributed by atoms with Crippen LogP contribution in [0.5, 0.6) is 0 Å². The second-order valence-electron chi connectivity index (χ2n) is 5.47. The van der Waals surface area contributed by atoms with Crippen LogP contribution in [0.15, 0.2) is 64.1 Å². The summed E-state index contributed by atoms with van der Waals surface area (Å²) in [5, 5.41) is 7.09. The fourth-order valence-electron chi connectivity index (χ4n) is 2.53. The standard InChI is InChI=1S/C18H17N3O3/c1-12-10-14(22)11-17(24-12)18(23)20-13(2)15-6-3-4-7-16(15)21-9-5-8-19-21/h3-11,13H,1-2H3,(H,20,23). The molecule has 2 aromatic heterocycles. The van der Waals surface area contributed by atoms with Crippen molar-refractivity contribution in [2.75, 3.05) is 0 Å². The van der Waals surface area contributed by atoms with Crippen LogP contribution in [-0.4, -0.2) is 15.7 Å². The predicted octanol–water partition coefficient (Wildman–Crippen LogP) is 2.62. The van der Waals surface area contributed by atoms with Gasteiger partial charge in [-0.25, -0.2) is 4.68 Å². The molecule has 1 amide bonds. The Morgan fingerprint density at radius 3 is 2.75 bits per heavy atom. The van der Waals surface area contributed by atoms with Crippen molar-refractivity contribution in [3.63, 3.8) is 0 Å². The minimum atomic E-state index is -0.432. The van der Waals surface area contributed by atoms with E-state index in [1.807, 2.05) is 43.5 Å². The number of nitrogens with zero attached hydrogens (tertiary/aromatic N) is 2. The summed E-state index contributed by atoms with van der Waals surface area (Å²) >= 11 is 0. The smallest absolute Gasteiger partial charge is 0.287 e. The van der Waals surface area contributed by atoms with E-state index in [0.29, 0.717) is 5.76 Å². The van der Waals surface area contributed by atoms with Crippen molar-refractivity contribution in [3.05, 3.63) is 82.2 Å². The number of benzene rings is 1. The molecule has 0 saturated carbocycles. The topological polar surface area (TPSA) is 77.1 Å². The van der Waals surface area contributed by atoms with Crippen molar-refractivity contribution in [1.29, 1.82) is 0 Å². The summed E-state index contributed by atoms with van der Waals surface area (Å²) in [6.07, 6.45) is 3.54. The van der Waals surface area contributed by atoms with Gasteiger partial charge in [0.25, 0.3) is 5.91 Å². The van der Waals surface area contributed by atoms with Gasteiger partial charge in [0.05, 0.1) is 11.7 Å². The highest BCUT2D eigenvalue weighted by Gasteiger charge is 2.17. The molecule has 0 saturated heterocycles. The maximum absolute atomic E-state index is 12.4. The molecule has 0 aliphatic rings. The molecule has 3 rings (SSSR count). The van der Waals surface area contributed by atoms with E-state index < -0.39 is 5.91 Å². The molecule has 0 spiro atoms. The lowest BCUT2D eigenvalue weighted by Gasteiger charge is -2.17. The van der Waals surface area contributed by atoms with Gasteiger partial charge in [-0.05, 0) is 31.5 Å². The number of aromatic nitrogens is 2. The number of amides is 1. The third-order valence-electron chi connectivity index (χ3n) is 3.62. The number of para-hydroxylation sites is 1. The monoisotopic (exact) mass is 323 g/mol. The fourth-order valence-corrected chi connectivity index (χ4v) is 2.53. The Bertz CT molecular complexity index is 913. The van der Waals surface area contributed by atoms with E-state index in [4.69, 9.17) is 4.42 Å². The summed E-state index contributed by atoms with van der Waals surface area (Å²) in [6, 6.07) is 11.7. The third kappa shape index (κ3) is 3.27. The summed E-state index contributed by atoms with van der Waals surface area (Å²) < 4.78 is 7.07. The fraction of sp³-hybridized carbons (Fsp3) is 0.167. The van der Waals surface area contributed by atoms with Crippen molar-refractivity contribution in [2.24, 2.45) is 0 Å². The first kappa shape index (κ1) is 15.7. The van der Waals surface area contributed by atoms with E-state index in [-0.39, 0.29) is 17.2 Å². The first-order valence-electron chi connectivity index (χ1n) is 7.56. The molecule has 1 aromatic carbocycles. The SMILES string of the molecule is Cc1cc(=O)cc(C(=O)NC(C)c2ccccc2-n2cccn2)o1. The molecule has 6 nitrogen and oxygen atoms in total. The van der Waals surface area contributed by atoms with E-state index in [0.717, 1.165) is 11.3 Å². The van der Waals surface area contributed by atoms with E-state index in [1.54, 1.807) is 17.8 Å². The largest absolute Gasteiger partial charge is 0.456 e. The molecular formula is C18H17N3O3. The first-order chi connectivity index (χ1) is 11.5. The minimum absolute atomic E-state index is 0.00317. The maximum Gasteiger partial charge on any atom is 0.287 e. The van der Waals surface area contributed by atoms with Crippen LogP contribution in [0.2, 0.25) is 0 Å². The number of aryl methyl sites for hydroxylation is 1. The Labute approximate surface area is 138 Å². The van der Waals surface area contributed by atoms with Gasteiger partial charge in [-0.2, -0.15) is 5.10 Å². The lowest BCUT2D eigenvalue weighted by atomic mass is 10.1. The highest BCUT2D eigenvalue weighted by molar-refractivity contribution is 5.91. The highest BCUT2D eigenvalue weighted by Crippen LogP contribution is 2.21. The van der Waals surface area contributed by atoms with Crippen LogP contribution in [0.25, 0.3) is 5.69 Å². The van der Waals surface area contributed by atoms with Crippen LogP contribution in [-0.2, 0) is 0 Å². The summed E-state index contributed by atoms with van der Waals surface area (Å²) in [7, 11) is 0. The molecule has 122 valence electrons. The summed E-state index contributed by atoms with van der Waals surface area (Å²) in [6.45, 7) is 3.50. The summed E-state index contributed by atoms with van der Waals surface area (Å²) in [5.74, 6) is -0.0285. The Hall–Kier alpha value is -3.15. The van der Waals surface area contributed by atoms with Crippen molar-refractivity contribution in [1.82, 2.24) is 15.1 Å². The lowest BCUT2D eigenvalue weighted by molar-refractivity contribution is 0.0907. The number of nitrogens with one attached hydrogen (secondary N) is 1. The highest BCUT2D eigenvalue weighted by atomic mass is 16.3. The molecule has 0 aliphatic carbocycles. The van der Waals surface area contributed by atoms with Crippen LogP contribution in [0.1, 0.15) is 34.8 Å². The van der Waals surface area contributed by atoms with E-state index in [1.165, 1.54) is 12.1 Å². The maximum atomic E-state index is 12.4. The Morgan fingerprint density at radius 1 is 1.25 bits per heavy atom. The summed E-state index contributed by atoms with van der Waals surface area (Å²) in [4.78, 5) is 23.9. The quantitative estimate of drug-likeness (QED) is 0.800. The zero-order valence-electron chi connectivity index (χ0n) is 13.4. The van der Waals surface area contributed by atoms with Crippen molar-refractivity contribution < 1.29 is 9.21 Å². The van der Waals surface area contributed by atoms with Crippen LogP contribution < -0.4 is 10.7 Å². The summed E-state index contributed by atoms with van der Waals surface area (Å²) in [5.41, 5.74) is 1.53. The van der Waals surface area contributed by atoms with Crippen LogP contribution in [0, 0.1) is 6.92 Å². The molecule has 1 atom stereocenters. The molecule has 24 heavy (non-hydrogen) atoms. The minimum Gasteiger partial charge on any atom is -0.456 e. The molecular weight excluding hydrogens is 306 g/mol. The van der Waals surface area contributed by atoms with Gasteiger partial charge >= 0.3 is 0 Å². The number of carbonyl (C=O) groups is 1. The molecule has 1 unspecified atom stereocenters. The second kappa shape index (κ2) is 6.54. The number of hydrogen-bond donors (Lipinski definition) is 1. The van der Waals surface area contributed by atoms with Crippen molar-refractivity contribution >= 4 is 5.91 Å². The van der Waals surface area contributed by atoms with Gasteiger partial charge in [-0.15, -0.1) is 0 Å². The van der Waals surface area contributed by atoms with Gasteiger partial charge < -0.3 is 9.73 Å². The Balaban J connectivity index is 1.87. The molecule has 3 aromatic rings. The number of carbonyl (C=O) groups excluding carboxylic acids is 1. The zero-order valence-corrected chi connectivity index (χ0v) is 13.4. The molecule has 6 heteroatoms. The lowest BCUT2D eigenvalue weighted by Crippen LogP contribution is -2.28. The molecule has 1 N–H and O–H groups in total. The van der Waals surface area contributed by atoms with Crippen LogP contribution in [0.3, 0.4) is 0 Å². The van der Waals surface area contributed by atoms with Crippen molar-refractivity contribution in [3.8, 4) is 5.69 Å². The third-order valence-corrected chi connectivity index (χ3v) is 3.62. The van der Waals surface area contributed by atoms with Gasteiger partial charge in [0.15, 0.2) is 11.2 Å². The average Bonchev–Trinajstić information content (AvgIpc) is 3.08. The van der Waals surface area contributed by atoms with Gasteiger partial charge in [0.2, 0.25) is 0 Å². The molecule has 0 bridgehead atoms. The molecule has 0 radical (unpaired) electrons. The van der Waals surface area contributed by atoms with Crippen LogP contribution >= 0.6 is 0 Å². The second-order valence-corrected chi connectivity index (χ2v) is 5.47. The Morgan fingerprint density at radius 2 is 2.04 bits per heavy atom. The van der Waals surface area contributed by atoms with Crippen molar-refractivity contribution in [2.45, 2.75) is 19.9 Å².